The molecule has 1 atom stereocenters. The van der Waals surface area contributed by atoms with Crippen LogP contribution in [-0.4, -0.2) is 31.9 Å². The third-order valence-corrected chi connectivity index (χ3v) is 6.30. The maximum Gasteiger partial charge on any atom is 0.323 e. The van der Waals surface area contributed by atoms with Crippen LogP contribution in [0.2, 0.25) is 0 Å². The van der Waals surface area contributed by atoms with Crippen LogP contribution >= 0.6 is 34.9 Å². The number of ether oxygens (including phenoxy) is 1. The van der Waals surface area contributed by atoms with Crippen molar-refractivity contribution in [3.05, 3.63) is 28.4 Å². The predicted molar refractivity (Wildman–Crippen MR) is 105 cm³/mol. The van der Waals surface area contributed by atoms with E-state index in [1.165, 1.54) is 11.3 Å². The number of carboxylic acids is 1. The molecular formula is C16H20N2O5S3. The summed E-state index contributed by atoms with van der Waals surface area (Å²) in [6.07, 6.45) is 2.89. The number of aliphatic carboxylic acids is 1. The van der Waals surface area contributed by atoms with Crippen LogP contribution in [0.5, 0.6) is 5.88 Å². The standard InChI is InChI=1S/C16H20N2O5S3/c1-4-10-14(21)17(5-2)11(25-10)7-9(23-6-3)13-15(22)18(8-12(19)20)16(24)26-13/h4,7,9,22H,5-6,8H2,1-3H3,(H,19,20). The molecule has 0 aromatic carbocycles. The second-order valence-electron chi connectivity index (χ2n) is 5.22. The van der Waals surface area contributed by atoms with Crippen LogP contribution in [-0.2, 0) is 22.6 Å². The van der Waals surface area contributed by atoms with E-state index in [1.54, 1.807) is 23.6 Å². The molecular weight excluding hydrogens is 396 g/mol. The van der Waals surface area contributed by atoms with E-state index in [0.717, 1.165) is 15.9 Å². The van der Waals surface area contributed by atoms with Gasteiger partial charge in [-0.25, -0.2) is 0 Å². The maximum atomic E-state index is 12.3. The highest BCUT2D eigenvalue weighted by molar-refractivity contribution is 7.73. The van der Waals surface area contributed by atoms with Crippen molar-refractivity contribution in [2.75, 3.05) is 6.61 Å². The van der Waals surface area contributed by atoms with Gasteiger partial charge in [-0.05, 0) is 39.1 Å². The number of aromatic hydroxyl groups is 1. The quantitative estimate of drug-likeness (QED) is 0.667. The summed E-state index contributed by atoms with van der Waals surface area (Å²) in [5.41, 5.74) is -0.0678. The minimum atomic E-state index is -1.10. The Morgan fingerprint density at radius 2 is 2.04 bits per heavy atom. The van der Waals surface area contributed by atoms with Crippen LogP contribution in [0.4, 0.5) is 0 Å². The van der Waals surface area contributed by atoms with Gasteiger partial charge in [0.2, 0.25) is 5.88 Å². The molecule has 0 bridgehead atoms. The number of hydrogen-bond donors (Lipinski definition) is 2. The molecule has 0 aliphatic heterocycles. The van der Waals surface area contributed by atoms with E-state index < -0.39 is 18.6 Å². The fraction of sp³-hybridized carbons (Fsp3) is 0.438. The number of rotatable bonds is 7. The first-order chi connectivity index (χ1) is 12.3. The van der Waals surface area contributed by atoms with Crippen LogP contribution in [0.3, 0.4) is 0 Å². The Bertz CT molecular complexity index is 1030. The largest absolute Gasteiger partial charge is 0.494 e. The Kier molecular flexibility index (Phi) is 6.93. The molecule has 0 radical (unpaired) electrons. The van der Waals surface area contributed by atoms with Crippen LogP contribution in [0.25, 0.3) is 12.2 Å². The van der Waals surface area contributed by atoms with Crippen LogP contribution in [0.15, 0.2) is 4.79 Å². The first kappa shape index (κ1) is 20.6. The summed E-state index contributed by atoms with van der Waals surface area (Å²) in [5, 5.41) is 19.4. The third kappa shape index (κ3) is 4.14. The summed E-state index contributed by atoms with van der Waals surface area (Å²) >= 11 is 7.61. The van der Waals surface area contributed by atoms with Crippen molar-refractivity contribution >= 4 is 53.0 Å². The van der Waals surface area contributed by atoms with Crippen molar-refractivity contribution in [1.29, 1.82) is 0 Å². The smallest absolute Gasteiger partial charge is 0.323 e. The summed E-state index contributed by atoms with van der Waals surface area (Å²) in [5.74, 6) is -1.32. The summed E-state index contributed by atoms with van der Waals surface area (Å²) in [6.45, 7) is 5.96. The highest BCUT2D eigenvalue weighted by Crippen LogP contribution is 2.34. The van der Waals surface area contributed by atoms with Crippen LogP contribution < -0.4 is 14.8 Å². The van der Waals surface area contributed by atoms with Gasteiger partial charge in [-0.3, -0.25) is 18.7 Å². The number of aromatic nitrogens is 2. The van der Waals surface area contributed by atoms with Gasteiger partial charge in [0.1, 0.15) is 17.5 Å². The molecule has 10 heteroatoms. The van der Waals surface area contributed by atoms with Crippen molar-refractivity contribution in [3.8, 4) is 5.88 Å². The predicted octanol–water partition coefficient (Wildman–Crippen LogP) is 1.67. The molecule has 2 rings (SSSR count). The Morgan fingerprint density at radius 1 is 1.35 bits per heavy atom. The number of carbonyl (C=O) groups is 1. The second kappa shape index (κ2) is 8.76. The summed E-state index contributed by atoms with van der Waals surface area (Å²) in [7, 11) is 0. The van der Waals surface area contributed by atoms with E-state index in [4.69, 9.17) is 22.1 Å². The van der Waals surface area contributed by atoms with Gasteiger partial charge in [0.25, 0.3) is 5.56 Å². The first-order valence-corrected chi connectivity index (χ1v) is 10.0. The molecule has 2 aromatic rings. The molecule has 26 heavy (non-hydrogen) atoms. The average Bonchev–Trinajstić information content (AvgIpc) is 3.04. The van der Waals surface area contributed by atoms with Gasteiger partial charge < -0.3 is 14.9 Å². The zero-order valence-electron chi connectivity index (χ0n) is 14.6. The molecule has 142 valence electrons. The summed E-state index contributed by atoms with van der Waals surface area (Å²) in [6, 6.07) is 0. The third-order valence-electron chi connectivity index (χ3n) is 3.60. The van der Waals surface area contributed by atoms with Crippen molar-refractivity contribution in [1.82, 2.24) is 9.13 Å². The molecule has 0 aliphatic carbocycles. The van der Waals surface area contributed by atoms with E-state index in [1.807, 2.05) is 13.8 Å². The van der Waals surface area contributed by atoms with Crippen molar-refractivity contribution in [2.24, 2.45) is 0 Å². The van der Waals surface area contributed by atoms with E-state index in [2.05, 4.69) is 0 Å². The Labute approximate surface area is 162 Å². The molecule has 2 aromatic heterocycles. The lowest BCUT2D eigenvalue weighted by Crippen LogP contribution is -2.30. The fourth-order valence-electron chi connectivity index (χ4n) is 2.43. The van der Waals surface area contributed by atoms with E-state index in [9.17, 15) is 14.7 Å². The average molecular weight is 417 g/mol. The van der Waals surface area contributed by atoms with Crippen molar-refractivity contribution in [2.45, 2.75) is 40.0 Å². The Morgan fingerprint density at radius 3 is 2.58 bits per heavy atom. The van der Waals surface area contributed by atoms with E-state index in [-0.39, 0.29) is 15.4 Å². The maximum absolute atomic E-state index is 12.3. The molecule has 7 nitrogen and oxygen atoms in total. The summed E-state index contributed by atoms with van der Waals surface area (Å²) in [4.78, 5) is 23.7. The van der Waals surface area contributed by atoms with Gasteiger partial charge in [0, 0.05) is 13.2 Å². The SMILES string of the molecule is CC=c1sc(=CC(OCC)c2sc(=S)n(CC(=O)O)c2O)n(CC)c1=O. The topological polar surface area (TPSA) is 93.7 Å². The minimum Gasteiger partial charge on any atom is -0.494 e. The zero-order chi connectivity index (χ0) is 19.4. The van der Waals surface area contributed by atoms with Gasteiger partial charge in [-0.1, -0.05) is 6.08 Å². The molecule has 2 N–H and O–H groups in total. The van der Waals surface area contributed by atoms with Crippen LogP contribution in [0, 0.1) is 3.95 Å². The summed E-state index contributed by atoms with van der Waals surface area (Å²) < 4.78 is 10.1. The zero-order valence-corrected chi connectivity index (χ0v) is 17.0. The molecule has 2 heterocycles. The van der Waals surface area contributed by atoms with Crippen molar-refractivity contribution in [3.63, 3.8) is 0 Å². The Hall–Kier alpha value is -1.75. The lowest BCUT2D eigenvalue weighted by atomic mass is 10.3. The van der Waals surface area contributed by atoms with Crippen LogP contribution in [0.1, 0.15) is 31.8 Å². The van der Waals surface area contributed by atoms with E-state index in [0.29, 0.717) is 27.2 Å². The Balaban J connectivity index is 2.64. The highest BCUT2D eigenvalue weighted by atomic mass is 32.1. The number of carboxylic acid groups (broad SMARTS) is 1. The number of nitrogens with zero attached hydrogens (tertiary/aromatic N) is 2. The lowest BCUT2D eigenvalue weighted by Gasteiger charge is -2.12. The van der Waals surface area contributed by atoms with Gasteiger partial charge in [0.05, 0.1) is 9.20 Å². The number of hydrogen-bond acceptors (Lipinski definition) is 7. The molecule has 0 fully saturated rings. The molecule has 0 saturated heterocycles. The molecule has 0 amide bonds. The molecule has 0 spiro atoms. The monoisotopic (exact) mass is 416 g/mol. The molecule has 0 saturated carbocycles. The van der Waals surface area contributed by atoms with Gasteiger partial charge in [-0.2, -0.15) is 0 Å². The van der Waals surface area contributed by atoms with Gasteiger partial charge in [0.15, 0.2) is 3.95 Å². The highest BCUT2D eigenvalue weighted by Gasteiger charge is 2.21. The van der Waals surface area contributed by atoms with E-state index >= 15 is 0 Å². The minimum absolute atomic E-state index is 0.0678. The van der Waals surface area contributed by atoms with Gasteiger partial charge in [-0.15, -0.1) is 22.7 Å². The normalized spacial score (nSPS) is 14.1. The van der Waals surface area contributed by atoms with Gasteiger partial charge >= 0.3 is 5.97 Å². The molecule has 1 unspecified atom stereocenters. The van der Waals surface area contributed by atoms with Crippen molar-refractivity contribution < 1.29 is 19.7 Å². The molecule has 0 aliphatic rings. The second-order valence-corrected chi connectivity index (χ2v) is 7.96. The lowest BCUT2D eigenvalue weighted by molar-refractivity contribution is -0.137. The first-order valence-electron chi connectivity index (χ1n) is 7.97. The fourth-order valence-corrected chi connectivity index (χ4v) is 4.81. The number of thiazole rings is 2.